The molecule has 1 aromatic carbocycles. The van der Waals surface area contributed by atoms with Gasteiger partial charge < -0.3 is 5.43 Å². The second-order valence-electron chi connectivity index (χ2n) is 2.50. The van der Waals surface area contributed by atoms with Gasteiger partial charge in [0.15, 0.2) is 6.29 Å². The van der Waals surface area contributed by atoms with Crippen LogP contribution in [0.2, 0.25) is 0 Å². The first-order valence-corrected chi connectivity index (χ1v) is 3.87. The van der Waals surface area contributed by atoms with Gasteiger partial charge in [0.25, 0.3) is 0 Å². The van der Waals surface area contributed by atoms with Gasteiger partial charge >= 0.3 is 0 Å². The van der Waals surface area contributed by atoms with Gasteiger partial charge in [-0.05, 0) is 18.1 Å². The predicted octanol–water partition coefficient (Wildman–Crippen LogP) is 1.35. The molecule has 0 aliphatic heterocycles. The summed E-state index contributed by atoms with van der Waals surface area (Å²) in [5.74, 6) is 5.29. The second kappa shape index (κ2) is 3.88. The fraction of sp³-hybridized carbons (Fsp3) is 0.222. The lowest BCUT2D eigenvalue weighted by molar-refractivity contribution is 0.112. The Hall–Kier alpha value is -1.35. The number of nitrogens with two attached hydrogens (primary N) is 1. The zero-order valence-electron chi connectivity index (χ0n) is 7.00. The van der Waals surface area contributed by atoms with Gasteiger partial charge in [-0.15, -0.1) is 0 Å². The van der Waals surface area contributed by atoms with Gasteiger partial charge in [0, 0.05) is 5.56 Å². The van der Waals surface area contributed by atoms with Crippen molar-refractivity contribution in [1.29, 1.82) is 0 Å². The molecule has 0 bridgehead atoms. The zero-order chi connectivity index (χ0) is 8.97. The Morgan fingerprint density at radius 3 is 2.83 bits per heavy atom. The SMILES string of the molecule is CCc1cccc(C=O)c1NN. The van der Waals surface area contributed by atoms with Crippen LogP contribution in [-0.4, -0.2) is 6.29 Å². The van der Waals surface area contributed by atoms with E-state index in [0.29, 0.717) is 5.56 Å². The Labute approximate surface area is 71.5 Å². The summed E-state index contributed by atoms with van der Waals surface area (Å²) in [4.78, 5) is 10.6. The third-order valence-corrected chi connectivity index (χ3v) is 1.84. The number of nitrogens with one attached hydrogen (secondary N) is 1. The van der Waals surface area contributed by atoms with Crippen LogP contribution in [0.5, 0.6) is 0 Å². The summed E-state index contributed by atoms with van der Waals surface area (Å²) in [5, 5.41) is 0. The van der Waals surface area contributed by atoms with Crippen molar-refractivity contribution in [2.75, 3.05) is 5.43 Å². The maximum Gasteiger partial charge on any atom is 0.152 e. The third kappa shape index (κ3) is 1.46. The molecule has 12 heavy (non-hydrogen) atoms. The number of aryl methyl sites for hydroxylation is 1. The van der Waals surface area contributed by atoms with E-state index in [0.717, 1.165) is 24.0 Å². The lowest BCUT2D eigenvalue weighted by atomic mass is 10.1. The summed E-state index contributed by atoms with van der Waals surface area (Å²) < 4.78 is 0. The number of carbonyl (C=O) groups excluding carboxylic acids is 1. The maximum atomic E-state index is 10.6. The van der Waals surface area contributed by atoms with Gasteiger partial charge in [0.2, 0.25) is 0 Å². The highest BCUT2D eigenvalue weighted by atomic mass is 16.1. The molecular formula is C9H12N2O. The van der Waals surface area contributed by atoms with E-state index in [1.54, 1.807) is 6.07 Å². The molecular weight excluding hydrogens is 152 g/mol. The number of nitrogen functional groups attached to an aromatic ring is 1. The molecule has 0 aromatic heterocycles. The molecule has 3 nitrogen and oxygen atoms in total. The average Bonchev–Trinajstić information content (AvgIpc) is 2.16. The molecule has 3 heteroatoms. The van der Waals surface area contributed by atoms with Crippen LogP contribution >= 0.6 is 0 Å². The molecule has 0 saturated carbocycles. The van der Waals surface area contributed by atoms with Gasteiger partial charge in [0.1, 0.15) is 0 Å². The first-order valence-electron chi connectivity index (χ1n) is 3.87. The number of hydrogen-bond acceptors (Lipinski definition) is 3. The summed E-state index contributed by atoms with van der Waals surface area (Å²) in [7, 11) is 0. The minimum absolute atomic E-state index is 0.608. The van der Waals surface area contributed by atoms with E-state index in [9.17, 15) is 4.79 Å². The molecule has 1 aromatic rings. The minimum atomic E-state index is 0.608. The fourth-order valence-corrected chi connectivity index (χ4v) is 1.19. The predicted molar refractivity (Wildman–Crippen MR) is 49.0 cm³/mol. The number of aldehydes is 1. The lowest BCUT2D eigenvalue weighted by Crippen LogP contribution is -2.11. The first-order chi connectivity index (χ1) is 5.83. The second-order valence-corrected chi connectivity index (χ2v) is 2.50. The summed E-state index contributed by atoms with van der Waals surface area (Å²) in [6, 6.07) is 5.53. The molecule has 0 saturated heterocycles. The van der Waals surface area contributed by atoms with Crippen molar-refractivity contribution in [2.24, 2.45) is 5.84 Å². The van der Waals surface area contributed by atoms with Gasteiger partial charge in [0.05, 0.1) is 5.69 Å². The number of anilines is 1. The highest BCUT2D eigenvalue weighted by Gasteiger charge is 2.03. The number of hydrogen-bond donors (Lipinski definition) is 2. The highest BCUT2D eigenvalue weighted by molar-refractivity contribution is 5.85. The van der Waals surface area contributed by atoms with E-state index in [1.165, 1.54) is 0 Å². The molecule has 0 aliphatic rings. The van der Waals surface area contributed by atoms with Gasteiger partial charge in [-0.25, -0.2) is 0 Å². The Balaban J connectivity index is 3.21. The Bertz CT molecular complexity index is 284. The Kier molecular flexibility index (Phi) is 2.82. The monoisotopic (exact) mass is 164 g/mol. The smallest absolute Gasteiger partial charge is 0.152 e. The van der Waals surface area contributed by atoms with Crippen LogP contribution in [0.25, 0.3) is 0 Å². The van der Waals surface area contributed by atoms with Crippen molar-refractivity contribution in [3.63, 3.8) is 0 Å². The number of rotatable bonds is 3. The van der Waals surface area contributed by atoms with E-state index in [-0.39, 0.29) is 0 Å². The molecule has 0 fully saturated rings. The van der Waals surface area contributed by atoms with Crippen molar-refractivity contribution in [2.45, 2.75) is 13.3 Å². The van der Waals surface area contributed by atoms with Crippen LogP contribution in [0.3, 0.4) is 0 Å². The van der Waals surface area contributed by atoms with Gasteiger partial charge in [-0.1, -0.05) is 19.1 Å². The van der Waals surface area contributed by atoms with Crippen LogP contribution in [-0.2, 0) is 6.42 Å². The third-order valence-electron chi connectivity index (χ3n) is 1.84. The highest BCUT2D eigenvalue weighted by Crippen LogP contribution is 2.18. The van der Waals surface area contributed by atoms with E-state index < -0.39 is 0 Å². The van der Waals surface area contributed by atoms with Crippen LogP contribution in [0.15, 0.2) is 18.2 Å². The zero-order valence-corrected chi connectivity index (χ0v) is 7.00. The summed E-state index contributed by atoms with van der Waals surface area (Å²) in [6.45, 7) is 2.02. The normalized spacial score (nSPS) is 9.50. The lowest BCUT2D eigenvalue weighted by Gasteiger charge is -2.08. The number of hydrazine groups is 1. The largest absolute Gasteiger partial charge is 0.323 e. The minimum Gasteiger partial charge on any atom is -0.323 e. The van der Waals surface area contributed by atoms with Gasteiger partial charge in [-0.2, -0.15) is 0 Å². The topological polar surface area (TPSA) is 55.1 Å². The Morgan fingerprint density at radius 1 is 1.58 bits per heavy atom. The molecule has 1 rings (SSSR count). The molecule has 0 aliphatic carbocycles. The van der Waals surface area contributed by atoms with E-state index in [4.69, 9.17) is 5.84 Å². The Morgan fingerprint density at radius 2 is 2.33 bits per heavy atom. The maximum absolute atomic E-state index is 10.6. The molecule has 3 N–H and O–H groups in total. The van der Waals surface area contributed by atoms with Crippen molar-refractivity contribution in [3.05, 3.63) is 29.3 Å². The fourth-order valence-electron chi connectivity index (χ4n) is 1.19. The van der Waals surface area contributed by atoms with Crippen molar-refractivity contribution in [1.82, 2.24) is 0 Å². The standard InChI is InChI=1S/C9H12N2O/c1-2-7-4-3-5-8(6-12)9(7)11-10/h3-6,11H,2,10H2,1H3. The van der Waals surface area contributed by atoms with Gasteiger partial charge in [-0.3, -0.25) is 10.6 Å². The van der Waals surface area contributed by atoms with Crippen LogP contribution in [0.4, 0.5) is 5.69 Å². The molecule has 0 radical (unpaired) electrons. The van der Waals surface area contributed by atoms with E-state index >= 15 is 0 Å². The van der Waals surface area contributed by atoms with Crippen molar-refractivity contribution < 1.29 is 4.79 Å². The summed E-state index contributed by atoms with van der Waals surface area (Å²) >= 11 is 0. The summed E-state index contributed by atoms with van der Waals surface area (Å²) in [6.07, 6.45) is 1.66. The summed E-state index contributed by atoms with van der Waals surface area (Å²) in [5.41, 5.74) is 4.93. The van der Waals surface area contributed by atoms with Crippen LogP contribution in [0, 0.1) is 0 Å². The molecule has 64 valence electrons. The molecule has 0 unspecified atom stereocenters. The van der Waals surface area contributed by atoms with Crippen LogP contribution < -0.4 is 11.3 Å². The van der Waals surface area contributed by atoms with E-state index in [2.05, 4.69) is 5.43 Å². The number of carbonyl (C=O) groups is 1. The number of para-hydroxylation sites is 1. The first kappa shape index (κ1) is 8.74. The average molecular weight is 164 g/mol. The molecule has 0 amide bonds. The van der Waals surface area contributed by atoms with Crippen LogP contribution in [0.1, 0.15) is 22.8 Å². The number of benzene rings is 1. The van der Waals surface area contributed by atoms with Crippen molar-refractivity contribution >= 4 is 12.0 Å². The molecule has 0 spiro atoms. The van der Waals surface area contributed by atoms with Crippen molar-refractivity contribution in [3.8, 4) is 0 Å². The molecule has 0 atom stereocenters. The quantitative estimate of drug-likeness (QED) is 0.403. The van der Waals surface area contributed by atoms with E-state index in [1.807, 2.05) is 19.1 Å². The molecule has 0 heterocycles.